The molecule has 0 unspecified atom stereocenters. The molecule has 0 radical (unpaired) electrons. The average Bonchev–Trinajstić information content (AvgIpc) is 3.23. The summed E-state index contributed by atoms with van der Waals surface area (Å²) in [5.74, 6) is 0.922. The van der Waals surface area contributed by atoms with Crippen molar-refractivity contribution in [3.8, 4) is 0 Å². The summed E-state index contributed by atoms with van der Waals surface area (Å²) in [6.45, 7) is 5.33. The summed E-state index contributed by atoms with van der Waals surface area (Å²) in [7, 11) is 1.83. The molecule has 3 aromatic heterocycles. The van der Waals surface area contributed by atoms with E-state index in [1.54, 1.807) is 17.2 Å². The number of nitrogens with zero attached hydrogens (tertiary/aromatic N) is 4. The molecule has 0 aliphatic heterocycles. The fraction of sp³-hybridized carbons (Fsp3) is 0.526. The lowest BCUT2D eigenvalue weighted by atomic mass is 10.2. The number of furan rings is 1. The van der Waals surface area contributed by atoms with E-state index in [-0.39, 0.29) is 11.5 Å². The predicted octanol–water partition coefficient (Wildman–Crippen LogP) is 2.84. The number of carbonyl (C=O) groups is 1. The van der Waals surface area contributed by atoms with Gasteiger partial charge in [-0.3, -0.25) is 14.0 Å². The standard InChI is InChI=1S/C19H26N4O3/c1-4-6-10-21(3)18(24)8-7-11-22-19(25)15-13-16-14(9-12-26-16)23(15)17(5-2)20-22/h9,12-13H,4-8,10-11H2,1-3H3. The zero-order chi connectivity index (χ0) is 18.7. The summed E-state index contributed by atoms with van der Waals surface area (Å²) >= 11 is 0. The Kier molecular flexibility index (Phi) is 5.44. The fourth-order valence-electron chi connectivity index (χ4n) is 3.19. The van der Waals surface area contributed by atoms with E-state index in [0.29, 0.717) is 36.9 Å². The van der Waals surface area contributed by atoms with E-state index in [2.05, 4.69) is 12.0 Å². The number of fused-ring (bicyclic) bond motifs is 3. The molecule has 0 aromatic carbocycles. The van der Waals surface area contributed by atoms with E-state index in [0.717, 1.165) is 30.7 Å². The summed E-state index contributed by atoms with van der Waals surface area (Å²) in [4.78, 5) is 26.7. The quantitative estimate of drug-likeness (QED) is 0.621. The molecular formula is C19H26N4O3. The van der Waals surface area contributed by atoms with Gasteiger partial charge in [0.2, 0.25) is 5.91 Å². The lowest BCUT2D eigenvalue weighted by Gasteiger charge is -2.16. The number of rotatable bonds is 8. The highest BCUT2D eigenvalue weighted by Gasteiger charge is 2.15. The summed E-state index contributed by atoms with van der Waals surface area (Å²) in [6.07, 6.45) is 5.40. The van der Waals surface area contributed by atoms with Crippen molar-refractivity contribution < 1.29 is 9.21 Å². The average molecular weight is 358 g/mol. The molecule has 0 aliphatic carbocycles. The third kappa shape index (κ3) is 3.38. The van der Waals surface area contributed by atoms with Crippen LogP contribution in [-0.4, -0.2) is 38.6 Å². The SMILES string of the molecule is CCCCN(C)C(=O)CCCn1nc(CC)n2c(cc3occc32)c1=O. The second-order valence-electron chi connectivity index (χ2n) is 6.61. The highest BCUT2D eigenvalue weighted by molar-refractivity contribution is 5.82. The van der Waals surface area contributed by atoms with Gasteiger partial charge in [-0.1, -0.05) is 20.3 Å². The number of aryl methyl sites for hydroxylation is 2. The maximum absolute atomic E-state index is 12.8. The summed E-state index contributed by atoms with van der Waals surface area (Å²) in [5, 5.41) is 4.51. The number of hydrogen-bond donors (Lipinski definition) is 0. The molecule has 3 aromatic rings. The zero-order valence-corrected chi connectivity index (χ0v) is 15.7. The van der Waals surface area contributed by atoms with Crippen LogP contribution in [0.5, 0.6) is 0 Å². The van der Waals surface area contributed by atoms with E-state index in [4.69, 9.17) is 4.42 Å². The molecule has 0 saturated heterocycles. The van der Waals surface area contributed by atoms with Crippen molar-refractivity contribution in [1.82, 2.24) is 19.1 Å². The predicted molar refractivity (Wildman–Crippen MR) is 100 cm³/mol. The van der Waals surface area contributed by atoms with Crippen molar-refractivity contribution in [2.45, 2.75) is 52.5 Å². The van der Waals surface area contributed by atoms with Gasteiger partial charge in [-0.25, -0.2) is 4.68 Å². The third-order valence-electron chi connectivity index (χ3n) is 4.72. The maximum atomic E-state index is 12.8. The number of aromatic nitrogens is 3. The van der Waals surface area contributed by atoms with Gasteiger partial charge in [-0.15, -0.1) is 0 Å². The van der Waals surface area contributed by atoms with Crippen LogP contribution >= 0.6 is 0 Å². The van der Waals surface area contributed by atoms with Crippen molar-refractivity contribution in [3.63, 3.8) is 0 Å². The normalized spacial score (nSPS) is 11.5. The molecule has 26 heavy (non-hydrogen) atoms. The maximum Gasteiger partial charge on any atom is 0.291 e. The molecule has 140 valence electrons. The van der Waals surface area contributed by atoms with Gasteiger partial charge >= 0.3 is 0 Å². The van der Waals surface area contributed by atoms with Crippen molar-refractivity contribution in [3.05, 3.63) is 34.6 Å². The first-order valence-corrected chi connectivity index (χ1v) is 9.29. The van der Waals surface area contributed by atoms with Gasteiger partial charge in [-0.05, 0) is 12.8 Å². The molecular weight excluding hydrogens is 332 g/mol. The van der Waals surface area contributed by atoms with E-state index in [1.807, 2.05) is 24.4 Å². The van der Waals surface area contributed by atoms with Crippen molar-refractivity contribution in [2.75, 3.05) is 13.6 Å². The summed E-state index contributed by atoms with van der Waals surface area (Å²) in [5.41, 5.74) is 1.96. The number of amides is 1. The Balaban J connectivity index is 1.77. The van der Waals surface area contributed by atoms with E-state index >= 15 is 0 Å². The molecule has 0 spiro atoms. The van der Waals surface area contributed by atoms with Gasteiger partial charge in [0.05, 0.1) is 11.8 Å². The number of hydrogen-bond acceptors (Lipinski definition) is 4. The second kappa shape index (κ2) is 7.76. The molecule has 0 N–H and O–H groups in total. The van der Waals surface area contributed by atoms with Gasteiger partial charge in [0.1, 0.15) is 11.3 Å². The number of unbranched alkanes of at least 4 members (excludes halogenated alkanes) is 1. The third-order valence-corrected chi connectivity index (χ3v) is 4.72. The van der Waals surface area contributed by atoms with E-state index in [1.165, 1.54) is 4.68 Å². The lowest BCUT2D eigenvalue weighted by Crippen LogP contribution is -2.29. The van der Waals surface area contributed by atoms with Gasteiger partial charge in [0.15, 0.2) is 5.58 Å². The Morgan fingerprint density at radius 1 is 1.27 bits per heavy atom. The molecule has 0 atom stereocenters. The van der Waals surface area contributed by atoms with Crippen molar-refractivity contribution in [1.29, 1.82) is 0 Å². The summed E-state index contributed by atoms with van der Waals surface area (Å²) in [6, 6.07) is 3.61. The first-order valence-electron chi connectivity index (χ1n) is 9.29. The van der Waals surface area contributed by atoms with Crippen LogP contribution in [0, 0.1) is 0 Å². The minimum atomic E-state index is -0.152. The Bertz CT molecular complexity index is 966. The Hall–Kier alpha value is -2.57. The largest absolute Gasteiger partial charge is 0.463 e. The van der Waals surface area contributed by atoms with Gasteiger partial charge < -0.3 is 9.32 Å². The first kappa shape index (κ1) is 18.2. The molecule has 0 aliphatic rings. The highest BCUT2D eigenvalue weighted by Crippen LogP contribution is 2.20. The zero-order valence-electron chi connectivity index (χ0n) is 15.7. The van der Waals surface area contributed by atoms with Crippen LogP contribution in [0.25, 0.3) is 16.6 Å². The van der Waals surface area contributed by atoms with Crippen LogP contribution in [-0.2, 0) is 17.8 Å². The Morgan fingerprint density at radius 3 is 2.81 bits per heavy atom. The smallest absolute Gasteiger partial charge is 0.291 e. The fourth-order valence-corrected chi connectivity index (χ4v) is 3.19. The van der Waals surface area contributed by atoms with E-state index < -0.39 is 0 Å². The minimum absolute atomic E-state index is 0.114. The van der Waals surface area contributed by atoms with Crippen LogP contribution in [0.15, 0.2) is 27.6 Å². The van der Waals surface area contributed by atoms with Crippen molar-refractivity contribution >= 4 is 22.5 Å². The van der Waals surface area contributed by atoms with Crippen molar-refractivity contribution in [2.24, 2.45) is 0 Å². The molecule has 3 heterocycles. The second-order valence-corrected chi connectivity index (χ2v) is 6.61. The topological polar surface area (TPSA) is 72.8 Å². The molecule has 7 nitrogen and oxygen atoms in total. The van der Waals surface area contributed by atoms with Crippen LogP contribution in [0.3, 0.4) is 0 Å². The molecule has 0 fully saturated rings. The van der Waals surface area contributed by atoms with Crippen LogP contribution in [0.4, 0.5) is 0 Å². The van der Waals surface area contributed by atoms with Gasteiger partial charge in [-0.2, -0.15) is 5.10 Å². The first-order chi connectivity index (χ1) is 12.6. The molecule has 3 rings (SSSR count). The molecule has 0 bridgehead atoms. The Labute approximate surface area is 152 Å². The van der Waals surface area contributed by atoms with Gasteiger partial charge in [0, 0.05) is 45.1 Å². The lowest BCUT2D eigenvalue weighted by molar-refractivity contribution is -0.130. The molecule has 7 heteroatoms. The molecule has 0 saturated carbocycles. The molecule has 1 amide bonds. The summed E-state index contributed by atoms with van der Waals surface area (Å²) < 4.78 is 8.76. The van der Waals surface area contributed by atoms with Crippen LogP contribution in [0.2, 0.25) is 0 Å². The Morgan fingerprint density at radius 2 is 2.08 bits per heavy atom. The minimum Gasteiger partial charge on any atom is -0.463 e. The number of carbonyl (C=O) groups excluding carboxylic acids is 1. The van der Waals surface area contributed by atoms with E-state index in [9.17, 15) is 9.59 Å². The van der Waals surface area contributed by atoms with Gasteiger partial charge in [0.25, 0.3) is 5.56 Å². The highest BCUT2D eigenvalue weighted by atomic mass is 16.3. The monoisotopic (exact) mass is 358 g/mol. The van der Waals surface area contributed by atoms with Crippen LogP contribution in [0.1, 0.15) is 45.4 Å². The van der Waals surface area contributed by atoms with Crippen LogP contribution < -0.4 is 5.56 Å².